The van der Waals surface area contributed by atoms with Gasteiger partial charge in [0.05, 0.1) is 12.7 Å². The Morgan fingerprint density at radius 2 is 1.86 bits per heavy atom. The highest BCUT2D eigenvalue weighted by atomic mass is 16.5. The average molecular weight is 199 g/mol. The second-order valence-corrected chi connectivity index (χ2v) is 4.65. The molecule has 1 aliphatic carbocycles. The van der Waals surface area contributed by atoms with Crippen molar-refractivity contribution in [1.29, 1.82) is 0 Å². The quantitative estimate of drug-likeness (QED) is 0.674. The Balaban J connectivity index is 2.02. The zero-order valence-corrected chi connectivity index (χ0v) is 9.96. The Hall–Kier alpha value is -0.0800. The minimum atomic E-state index is 0.552. The molecule has 14 heavy (non-hydrogen) atoms. The van der Waals surface area contributed by atoms with Gasteiger partial charge < -0.3 is 9.64 Å². The predicted octanol–water partition coefficient (Wildman–Crippen LogP) is 2.53. The van der Waals surface area contributed by atoms with Gasteiger partial charge in [-0.3, -0.25) is 0 Å². The molecule has 0 radical (unpaired) electrons. The lowest BCUT2D eigenvalue weighted by Crippen LogP contribution is -2.27. The number of hydrogen-bond acceptors (Lipinski definition) is 2. The SMILES string of the molecule is CCN(C)CCOC1CCC(C)CC1. The van der Waals surface area contributed by atoms with Gasteiger partial charge in [0.1, 0.15) is 0 Å². The number of hydrogen-bond donors (Lipinski definition) is 0. The monoisotopic (exact) mass is 199 g/mol. The van der Waals surface area contributed by atoms with Crippen molar-refractivity contribution in [2.75, 3.05) is 26.7 Å². The maximum Gasteiger partial charge on any atom is 0.0597 e. The van der Waals surface area contributed by atoms with Gasteiger partial charge in [0.25, 0.3) is 0 Å². The van der Waals surface area contributed by atoms with Crippen LogP contribution in [-0.2, 0) is 4.74 Å². The van der Waals surface area contributed by atoms with Crippen molar-refractivity contribution in [1.82, 2.24) is 4.90 Å². The van der Waals surface area contributed by atoms with Crippen LogP contribution in [0.2, 0.25) is 0 Å². The van der Waals surface area contributed by atoms with Crippen molar-refractivity contribution >= 4 is 0 Å². The summed E-state index contributed by atoms with van der Waals surface area (Å²) in [5.74, 6) is 0.924. The number of ether oxygens (including phenoxy) is 1. The fourth-order valence-electron chi connectivity index (χ4n) is 1.93. The molecule has 1 rings (SSSR count). The molecule has 0 N–H and O–H groups in total. The molecule has 0 heterocycles. The van der Waals surface area contributed by atoms with Crippen molar-refractivity contribution < 1.29 is 4.74 Å². The molecule has 0 atom stereocenters. The van der Waals surface area contributed by atoms with E-state index in [9.17, 15) is 0 Å². The lowest BCUT2D eigenvalue weighted by atomic mass is 9.89. The third-order valence-corrected chi connectivity index (χ3v) is 3.33. The van der Waals surface area contributed by atoms with E-state index in [0.717, 1.165) is 25.6 Å². The minimum absolute atomic E-state index is 0.552. The standard InChI is InChI=1S/C12H25NO/c1-4-13(3)9-10-14-12-7-5-11(2)6-8-12/h11-12H,4-10H2,1-3H3. The van der Waals surface area contributed by atoms with E-state index < -0.39 is 0 Å². The summed E-state index contributed by atoms with van der Waals surface area (Å²) in [6.45, 7) is 7.63. The smallest absolute Gasteiger partial charge is 0.0597 e. The predicted molar refractivity (Wildman–Crippen MR) is 60.5 cm³/mol. The van der Waals surface area contributed by atoms with Crippen molar-refractivity contribution in [3.63, 3.8) is 0 Å². The van der Waals surface area contributed by atoms with Crippen molar-refractivity contribution in [2.45, 2.75) is 45.6 Å². The van der Waals surface area contributed by atoms with E-state index in [1.165, 1.54) is 25.7 Å². The molecule has 2 heteroatoms. The molecule has 0 aromatic rings. The molecule has 84 valence electrons. The fourth-order valence-corrected chi connectivity index (χ4v) is 1.93. The van der Waals surface area contributed by atoms with Crippen LogP contribution in [0.25, 0.3) is 0 Å². The zero-order chi connectivity index (χ0) is 10.4. The summed E-state index contributed by atoms with van der Waals surface area (Å²) in [7, 11) is 2.15. The largest absolute Gasteiger partial charge is 0.377 e. The van der Waals surface area contributed by atoms with Crippen LogP contribution in [0.4, 0.5) is 0 Å². The molecule has 0 unspecified atom stereocenters. The Morgan fingerprint density at radius 3 is 2.43 bits per heavy atom. The van der Waals surface area contributed by atoms with Crippen molar-refractivity contribution in [2.24, 2.45) is 5.92 Å². The van der Waals surface area contributed by atoms with E-state index in [4.69, 9.17) is 4.74 Å². The minimum Gasteiger partial charge on any atom is -0.377 e. The molecule has 2 nitrogen and oxygen atoms in total. The highest BCUT2D eigenvalue weighted by Gasteiger charge is 2.18. The first-order valence-electron chi connectivity index (χ1n) is 6.02. The average Bonchev–Trinajstić information content (AvgIpc) is 2.21. The first-order chi connectivity index (χ1) is 6.72. The maximum atomic E-state index is 5.86. The summed E-state index contributed by atoms with van der Waals surface area (Å²) in [4.78, 5) is 2.30. The Labute approximate surface area is 88.6 Å². The lowest BCUT2D eigenvalue weighted by molar-refractivity contribution is 0.0118. The van der Waals surface area contributed by atoms with Crippen LogP contribution in [0.3, 0.4) is 0 Å². The van der Waals surface area contributed by atoms with Gasteiger partial charge >= 0.3 is 0 Å². The number of rotatable bonds is 5. The molecular formula is C12H25NO. The van der Waals surface area contributed by atoms with E-state index in [2.05, 4.69) is 25.8 Å². The van der Waals surface area contributed by atoms with E-state index in [-0.39, 0.29) is 0 Å². The Kier molecular flexibility index (Phi) is 5.49. The molecule has 1 fully saturated rings. The van der Waals surface area contributed by atoms with Crippen molar-refractivity contribution in [3.05, 3.63) is 0 Å². The molecular weight excluding hydrogens is 174 g/mol. The van der Waals surface area contributed by atoms with Gasteiger partial charge in [0.15, 0.2) is 0 Å². The third kappa shape index (κ3) is 4.43. The van der Waals surface area contributed by atoms with Crippen LogP contribution < -0.4 is 0 Å². The molecule has 1 saturated carbocycles. The van der Waals surface area contributed by atoms with Crippen LogP contribution >= 0.6 is 0 Å². The zero-order valence-electron chi connectivity index (χ0n) is 9.96. The van der Waals surface area contributed by atoms with E-state index in [0.29, 0.717) is 6.10 Å². The summed E-state index contributed by atoms with van der Waals surface area (Å²) < 4.78 is 5.86. The van der Waals surface area contributed by atoms with Crippen LogP contribution in [0.1, 0.15) is 39.5 Å². The first kappa shape index (κ1) is 12.0. The maximum absolute atomic E-state index is 5.86. The molecule has 0 aliphatic heterocycles. The van der Waals surface area contributed by atoms with Crippen molar-refractivity contribution in [3.8, 4) is 0 Å². The number of likely N-dealkylation sites (N-methyl/N-ethyl adjacent to an activating group) is 1. The summed E-state index contributed by atoms with van der Waals surface area (Å²) in [5, 5.41) is 0. The molecule has 0 aromatic carbocycles. The van der Waals surface area contributed by atoms with E-state index in [1.54, 1.807) is 0 Å². The topological polar surface area (TPSA) is 12.5 Å². The van der Waals surface area contributed by atoms with Crippen LogP contribution in [0.15, 0.2) is 0 Å². The molecule has 1 aliphatic rings. The Bertz CT molecular complexity index is 141. The molecule has 0 spiro atoms. The highest BCUT2D eigenvalue weighted by molar-refractivity contribution is 4.69. The van der Waals surface area contributed by atoms with Crippen LogP contribution in [0.5, 0.6) is 0 Å². The molecule has 0 aromatic heterocycles. The summed E-state index contributed by atoms with van der Waals surface area (Å²) >= 11 is 0. The van der Waals surface area contributed by atoms with Gasteiger partial charge in [0, 0.05) is 6.54 Å². The van der Waals surface area contributed by atoms with Gasteiger partial charge in [-0.1, -0.05) is 13.8 Å². The van der Waals surface area contributed by atoms with Gasteiger partial charge in [-0.15, -0.1) is 0 Å². The lowest BCUT2D eigenvalue weighted by Gasteiger charge is -2.27. The van der Waals surface area contributed by atoms with Gasteiger partial charge in [0.2, 0.25) is 0 Å². The fraction of sp³-hybridized carbons (Fsp3) is 1.00. The molecule has 0 amide bonds. The first-order valence-corrected chi connectivity index (χ1v) is 6.02. The van der Waals surface area contributed by atoms with Gasteiger partial charge in [-0.25, -0.2) is 0 Å². The van der Waals surface area contributed by atoms with Crippen LogP contribution in [-0.4, -0.2) is 37.7 Å². The van der Waals surface area contributed by atoms with Gasteiger partial charge in [-0.05, 0) is 45.2 Å². The summed E-state index contributed by atoms with van der Waals surface area (Å²) in [6.07, 6.45) is 5.81. The highest BCUT2D eigenvalue weighted by Crippen LogP contribution is 2.25. The molecule has 0 saturated heterocycles. The second kappa shape index (κ2) is 6.41. The summed E-state index contributed by atoms with van der Waals surface area (Å²) in [6, 6.07) is 0. The van der Waals surface area contributed by atoms with E-state index in [1.807, 2.05) is 0 Å². The second-order valence-electron chi connectivity index (χ2n) is 4.65. The Morgan fingerprint density at radius 1 is 1.21 bits per heavy atom. The number of nitrogens with zero attached hydrogens (tertiary/aromatic N) is 1. The molecule has 0 bridgehead atoms. The third-order valence-electron chi connectivity index (χ3n) is 3.33. The van der Waals surface area contributed by atoms with Crippen LogP contribution in [0, 0.1) is 5.92 Å². The van der Waals surface area contributed by atoms with E-state index >= 15 is 0 Å². The normalized spacial score (nSPS) is 28.3. The van der Waals surface area contributed by atoms with Gasteiger partial charge in [-0.2, -0.15) is 0 Å². The summed E-state index contributed by atoms with van der Waals surface area (Å²) in [5.41, 5.74) is 0.